The first-order chi connectivity index (χ1) is 9.15. The molecule has 0 aliphatic rings. The number of nitrogens with zero attached hydrogens (tertiary/aromatic N) is 4. The molecule has 0 saturated carbocycles. The van der Waals surface area contributed by atoms with E-state index < -0.39 is 5.97 Å². The van der Waals surface area contributed by atoms with Gasteiger partial charge < -0.3 is 5.11 Å². The summed E-state index contributed by atoms with van der Waals surface area (Å²) in [4.78, 5) is 11.0. The number of hydrogen-bond acceptors (Lipinski definition) is 4. The molecule has 0 aliphatic heterocycles. The van der Waals surface area contributed by atoms with Gasteiger partial charge in [-0.1, -0.05) is 29.8 Å². The average molecular weight is 254 g/mol. The van der Waals surface area contributed by atoms with Crippen LogP contribution in [0.2, 0.25) is 0 Å². The second-order valence-electron chi connectivity index (χ2n) is 4.18. The van der Waals surface area contributed by atoms with Crippen LogP contribution >= 0.6 is 0 Å². The summed E-state index contributed by atoms with van der Waals surface area (Å²) >= 11 is 0. The Morgan fingerprint density at radius 3 is 2.53 bits per heavy atom. The molecule has 0 bridgehead atoms. The molecule has 19 heavy (non-hydrogen) atoms. The molecule has 3 rings (SSSR count). The molecule has 0 radical (unpaired) electrons. The number of aryl methyl sites for hydroxylation is 1. The lowest BCUT2D eigenvalue weighted by molar-refractivity contribution is 0.0680. The van der Waals surface area contributed by atoms with Crippen molar-refractivity contribution in [2.24, 2.45) is 0 Å². The number of aromatic carboxylic acids is 1. The third kappa shape index (κ3) is 1.93. The zero-order valence-corrected chi connectivity index (χ0v) is 10.1. The number of rotatable bonds is 2. The van der Waals surface area contributed by atoms with E-state index in [0.717, 1.165) is 11.1 Å². The largest absolute Gasteiger partial charge is 0.475 e. The highest BCUT2D eigenvalue weighted by atomic mass is 16.4. The molecular formula is C13H10N4O2. The quantitative estimate of drug-likeness (QED) is 0.754. The van der Waals surface area contributed by atoms with Gasteiger partial charge in [0.15, 0.2) is 5.65 Å². The maximum atomic E-state index is 11.0. The number of hydrogen-bond donors (Lipinski definition) is 1. The van der Waals surface area contributed by atoms with Crippen LogP contribution in [0, 0.1) is 6.92 Å². The first-order valence-corrected chi connectivity index (χ1v) is 5.68. The van der Waals surface area contributed by atoms with Crippen molar-refractivity contribution in [3.63, 3.8) is 0 Å². The van der Waals surface area contributed by atoms with Crippen molar-refractivity contribution in [1.82, 2.24) is 19.8 Å². The van der Waals surface area contributed by atoms with E-state index in [4.69, 9.17) is 5.11 Å². The van der Waals surface area contributed by atoms with E-state index in [1.165, 1.54) is 4.52 Å². The summed E-state index contributed by atoms with van der Waals surface area (Å²) in [6.07, 6.45) is 0. The smallest absolute Gasteiger partial charge is 0.375 e. The maximum Gasteiger partial charge on any atom is 0.375 e. The SMILES string of the molecule is Cc1ccc(-c2ccc3nnc(C(=O)O)n3n2)cc1. The molecule has 0 fully saturated rings. The second-order valence-corrected chi connectivity index (χ2v) is 4.18. The zero-order valence-electron chi connectivity index (χ0n) is 10.1. The van der Waals surface area contributed by atoms with Gasteiger partial charge in [0, 0.05) is 5.56 Å². The lowest BCUT2D eigenvalue weighted by Gasteiger charge is -2.02. The van der Waals surface area contributed by atoms with Crippen LogP contribution in [0.25, 0.3) is 16.9 Å². The van der Waals surface area contributed by atoms with Gasteiger partial charge in [0.2, 0.25) is 0 Å². The van der Waals surface area contributed by atoms with Gasteiger partial charge in [-0.3, -0.25) is 0 Å². The number of carboxylic acid groups (broad SMARTS) is 1. The van der Waals surface area contributed by atoms with Crippen LogP contribution in [-0.2, 0) is 0 Å². The number of carbonyl (C=O) groups is 1. The summed E-state index contributed by atoms with van der Waals surface area (Å²) in [6.45, 7) is 2.00. The lowest BCUT2D eigenvalue weighted by Crippen LogP contribution is -2.06. The Bertz CT molecular complexity index is 762. The molecule has 0 unspecified atom stereocenters. The third-order valence-electron chi connectivity index (χ3n) is 2.80. The molecule has 3 aromatic rings. The number of benzene rings is 1. The van der Waals surface area contributed by atoms with Crippen molar-refractivity contribution in [2.45, 2.75) is 6.92 Å². The van der Waals surface area contributed by atoms with E-state index in [1.54, 1.807) is 12.1 Å². The summed E-state index contributed by atoms with van der Waals surface area (Å²) in [5.74, 6) is -1.34. The van der Waals surface area contributed by atoms with Gasteiger partial charge >= 0.3 is 5.97 Å². The normalized spacial score (nSPS) is 10.8. The first kappa shape index (κ1) is 11.3. The van der Waals surface area contributed by atoms with Crippen molar-refractivity contribution < 1.29 is 9.90 Å². The van der Waals surface area contributed by atoms with Crippen molar-refractivity contribution in [3.8, 4) is 11.3 Å². The highest BCUT2D eigenvalue weighted by Crippen LogP contribution is 2.17. The molecule has 1 aromatic carbocycles. The van der Waals surface area contributed by atoms with Gasteiger partial charge in [0.1, 0.15) is 0 Å². The van der Waals surface area contributed by atoms with E-state index >= 15 is 0 Å². The van der Waals surface area contributed by atoms with E-state index in [9.17, 15) is 4.79 Å². The molecule has 1 N–H and O–H groups in total. The molecule has 0 atom stereocenters. The Labute approximate surface area is 108 Å². The minimum atomic E-state index is -1.15. The van der Waals surface area contributed by atoms with Gasteiger partial charge in [0.25, 0.3) is 5.82 Å². The number of aromatic nitrogens is 4. The van der Waals surface area contributed by atoms with Crippen molar-refractivity contribution in [2.75, 3.05) is 0 Å². The molecule has 2 aromatic heterocycles. The van der Waals surface area contributed by atoms with E-state index in [0.29, 0.717) is 11.3 Å². The molecule has 0 spiro atoms. The summed E-state index contributed by atoms with van der Waals surface area (Å²) < 4.78 is 1.23. The summed E-state index contributed by atoms with van der Waals surface area (Å²) in [7, 11) is 0. The number of carboxylic acids is 1. The van der Waals surface area contributed by atoms with Crippen LogP contribution < -0.4 is 0 Å². The third-order valence-corrected chi connectivity index (χ3v) is 2.80. The van der Waals surface area contributed by atoms with Crippen molar-refractivity contribution in [1.29, 1.82) is 0 Å². The summed E-state index contributed by atoms with van der Waals surface area (Å²) in [6, 6.07) is 11.3. The molecule has 0 aliphatic carbocycles. The fourth-order valence-corrected chi connectivity index (χ4v) is 1.80. The van der Waals surface area contributed by atoms with Crippen LogP contribution in [-0.4, -0.2) is 30.9 Å². The molecule has 0 amide bonds. The zero-order chi connectivity index (χ0) is 13.4. The second kappa shape index (κ2) is 4.16. The highest BCUT2D eigenvalue weighted by molar-refractivity contribution is 5.84. The van der Waals surface area contributed by atoms with Crippen molar-refractivity contribution in [3.05, 3.63) is 47.8 Å². The molecular weight excluding hydrogens is 244 g/mol. The minimum Gasteiger partial charge on any atom is -0.475 e. The van der Waals surface area contributed by atoms with E-state index in [1.807, 2.05) is 31.2 Å². The van der Waals surface area contributed by atoms with E-state index in [-0.39, 0.29) is 5.82 Å². The van der Waals surface area contributed by atoms with E-state index in [2.05, 4.69) is 15.3 Å². The Balaban J connectivity index is 2.17. The Hall–Kier alpha value is -2.76. The lowest BCUT2D eigenvalue weighted by atomic mass is 10.1. The molecule has 6 nitrogen and oxygen atoms in total. The van der Waals surface area contributed by atoms with Crippen LogP contribution in [0.4, 0.5) is 0 Å². The fraction of sp³-hybridized carbons (Fsp3) is 0.0769. The average Bonchev–Trinajstić information content (AvgIpc) is 2.82. The van der Waals surface area contributed by atoms with Crippen LogP contribution in [0.3, 0.4) is 0 Å². The van der Waals surface area contributed by atoms with Gasteiger partial charge in [-0.2, -0.15) is 9.61 Å². The van der Waals surface area contributed by atoms with Gasteiger partial charge in [-0.15, -0.1) is 10.2 Å². The Kier molecular flexibility index (Phi) is 2.49. The first-order valence-electron chi connectivity index (χ1n) is 5.68. The fourth-order valence-electron chi connectivity index (χ4n) is 1.80. The van der Waals surface area contributed by atoms with Gasteiger partial charge in [-0.05, 0) is 19.1 Å². The van der Waals surface area contributed by atoms with Gasteiger partial charge in [-0.25, -0.2) is 4.79 Å². The summed E-state index contributed by atoms with van der Waals surface area (Å²) in [5, 5.41) is 20.6. The predicted octanol–water partition coefficient (Wildman–Crippen LogP) is 1.80. The molecule has 2 heterocycles. The van der Waals surface area contributed by atoms with Crippen LogP contribution in [0.15, 0.2) is 36.4 Å². The highest BCUT2D eigenvalue weighted by Gasteiger charge is 2.14. The predicted molar refractivity (Wildman–Crippen MR) is 67.9 cm³/mol. The van der Waals surface area contributed by atoms with Crippen LogP contribution in [0.5, 0.6) is 0 Å². The maximum absolute atomic E-state index is 11.0. The molecule has 6 heteroatoms. The van der Waals surface area contributed by atoms with Crippen molar-refractivity contribution >= 4 is 11.6 Å². The number of fused-ring (bicyclic) bond motifs is 1. The monoisotopic (exact) mass is 254 g/mol. The topological polar surface area (TPSA) is 80.4 Å². The summed E-state index contributed by atoms with van der Waals surface area (Å²) in [5.41, 5.74) is 3.15. The minimum absolute atomic E-state index is 0.191. The Morgan fingerprint density at radius 2 is 1.84 bits per heavy atom. The molecule has 94 valence electrons. The Morgan fingerprint density at radius 1 is 1.11 bits per heavy atom. The standard InChI is InChI=1S/C13H10N4O2/c1-8-2-4-9(5-3-8)10-6-7-11-14-15-12(13(18)19)17(11)16-10/h2-7H,1H3,(H,18,19). The van der Waals surface area contributed by atoms with Gasteiger partial charge in [0.05, 0.1) is 5.69 Å². The molecule has 0 saturated heterocycles. The van der Waals surface area contributed by atoms with Crippen LogP contribution in [0.1, 0.15) is 16.2 Å².